The normalized spacial score (nSPS) is 18.9. The van der Waals surface area contributed by atoms with Crippen LogP contribution in [0.2, 0.25) is 0 Å². The second kappa shape index (κ2) is 9.79. The van der Waals surface area contributed by atoms with Crippen LogP contribution in [0.15, 0.2) is 42.6 Å². The smallest absolute Gasteiger partial charge is 0.337 e. The number of anilines is 2. The minimum absolute atomic E-state index is 0.118. The Labute approximate surface area is 198 Å². The number of halogens is 1. The molecular weight excluding hydrogens is 433 g/mol. The summed E-state index contributed by atoms with van der Waals surface area (Å²) in [7, 11) is 1.32. The lowest BCUT2D eigenvalue weighted by Crippen LogP contribution is -2.30. The van der Waals surface area contributed by atoms with Gasteiger partial charge >= 0.3 is 5.97 Å². The number of amides is 1. The lowest BCUT2D eigenvalue weighted by Gasteiger charge is -2.32. The topological polar surface area (TPSA) is 94.3 Å². The molecule has 1 atom stereocenters. The number of carbonyl (C=O) groups excluding carboxylic acids is 2. The summed E-state index contributed by atoms with van der Waals surface area (Å²) in [5, 5.41) is 3.79. The summed E-state index contributed by atoms with van der Waals surface area (Å²) >= 11 is 0. The molecule has 178 valence electrons. The molecule has 3 aromatic rings. The Morgan fingerprint density at radius 1 is 1.15 bits per heavy atom. The number of hydrogen-bond donors (Lipinski definition) is 2. The lowest BCUT2D eigenvalue weighted by atomic mass is 9.73. The van der Waals surface area contributed by atoms with Crippen LogP contribution < -0.4 is 11.1 Å². The van der Waals surface area contributed by atoms with E-state index in [4.69, 9.17) is 10.5 Å². The molecular formula is C27H30FN3O3. The summed E-state index contributed by atoms with van der Waals surface area (Å²) in [6.07, 6.45) is 5.44. The first-order valence-electron chi connectivity index (χ1n) is 11.6. The van der Waals surface area contributed by atoms with Gasteiger partial charge in [-0.15, -0.1) is 0 Å². The highest BCUT2D eigenvalue weighted by Gasteiger charge is 2.30. The van der Waals surface area contributed by atoms with Crippen molar-refractivity contribution in [2.45, 2.75) is 45.4 Å². The van der Waals surface area contributed by atoms with E-state index in [1.807, 2.05) is 13.0 Å². The van der Waals surface area contributed by atoms with E-state index in [1.165, 1.54) is 13.2 Å². The van der Waals surface area contributed by atoms with Crippen molar-refractivity contribution >= 4 is 34.2 Å². The van der Waals surface area contributed by atoms with Crippen molar-refractivity contribution < 1.29 is 18.7 Å². The van der Waals surface area contributed by atoms with Crippen LogP contribution in [0.1, 0.15) is 60.0 Å². The minimum Gasteiger partial charge on any atom is -0.465 e. The molecule has 4 rings (SSSR count). The average Bonchev–Trinajstić information content (AvgIpc) is 2.85. The fourth-order valence-corrected chi connectivity index (χ4v) is 5.02. The van der Waals surface area contributed by atoms with Crippen molar-refractivity contribution in [2.75, 3.05) is 18.2 Å². The Morgan fingerprint density at radius 3 is 2.59 bits per heavy atom. The molecule has 1 fully saturated rings. The number of carbonyl (C=O) groups is 2. The number of aryl methyl sites for hydroxylation is 1. The molecule has 0 bridgehead atoms. The van der Waals surface area contributed by atoms with Gasteiger partial charge in [0.2, 0.25) is 5.91 Å². The molecule has 1 aliphatic carbocycles. The van der Waals surface area contributed by atoms with Crippen LogP contribution in [-0.4, -0.2) is 24.0 Å². The standard InChI is InChI=1S/C27H30FN3O3/c1-15-12-19(27(33)34-3)13-24(25(15)29)31-26(32)16(2)17-4-6-18(7-5-17)21-10-11-30-23-9-8-20(28)14-22(21)23/h8-14,16-18H,4-7,29H2,1-3H3,(H,31,32). The van der Waals surface area contributed by atoms with E-state index >= 15 is 0 Å². The zero-order valence-electron chi connectivity index (χ0n) is 19.7. The number of ether oxygens (including phenoxy) is 1. The van der Waals surface area contributed by atoms with Gasteiger partial charge in [0, 0.05) is 17.5 Å². The molecule has 0 aliphatic heterocycles. The molecule has 3 N–H and O–H groups in total. The van der Waals surface area contributed by atoms with Gasteiger partial charge in [-0.2, -0.15) is 0 Å². The number of nitrogen functional groups attached to an aromatic ring is 1. The highest BCUT2D eigenvalue weighted by molar-refractivity contribution is 5.99. The second-order valence-electron chi connectivity index (χ2n) is 9.20. The van der Waals surface area contributed by atoms with E-state index in [-0.39, 0.29) is 23.6 Å². The Bertz CT molecular complexity index is 1240. The molecule has 0 saturated heterocycles. The van der Waals surface area contributed by atoms with Crippen LogP contribution >= 0.6 is 0 Å². The number of hydrogen-bond acceptors (Lipinski definition) is 5. The quantitative estimate of drug-likeness (QED) is 0.379. The first-order chi connectivity index (χ1) is 16.3. The number of methoxy groups -OCH3 is 1. The molecule has 1 heterocycles. The Kier molecular flexibility index (Phi) is 6.82. The molecule has 34 heavy (non-hydrogen) atoms. The summed E-state index contributed by atoms with van der Waals surface area (Å²) in [6.45, 7) is 3.72. The SMILES string of the molecule is COC(=O)c1cc(C)c(N)c(NC(=O)C(C)C2CCC(c3ccnc4ccc(F)cc34)CC2)c1. The van der Waals surface area contributed by atoms with Crippen LogP contribution in [0.3, 0.4) is 0 Å². The summed E-state index contributed by atoms with van der Waals surface area (Å²) in [6, 6.07) is 9.91. The fraction of sp³-hybridized carbons (Fsp3) is 0.370. The highest BCUT2D eigenvalue weighted by Crippen LogP contribution is 2.41. The van der Waals surface area contributed by atoms with Gasteiger partial charge in [-0.05, 0) is 92.0 Å². The zero-order chi connectivity index (χ0) is 24.4. The molecule has 0 spiro atoms. The van der Waals surface area contributed by atoms with Crippen LogP contribution in [0.4, 0.5) is 15.8 Å². The number of nitrogens with zero attached hydrogens (tertiary/aromatic N) is 1. The van der Waals surface area contributed by atoms with Crippen molar-refractivity contribution in [3.8, 4) is 0 Å². The maximum Gasteiger partial charge on any atom is 0.337 e. The first-order valence-corrected chi connectivity index (χ1v) is 11.6. The van der Waals surface area contributed by atoms with E-state index < -0.39 is 5.97 Å². The van der Waals surface area contributed by atoms with Crippen molar-refractivity contribution in [2.24, 2.45) is 11.8 Å². The summed E-state index contributed by atoms with van der Waals surface area (Å²) in [5.41, 5.74) is 10.0. The fourth-order valence-electron chi connectivity index (χ4n) is 5.02. The molecule has 1 saturated carbocycles. The van der Waals surface area contributed by atoms with Crippen molar-refractivity contribution in [1.29, 1.82) is 0 Å². The van der Waals surface area contributed by atoms with Gasteiger partial charge in [-0.25, -0.2) is 9.18 Å². The first kappa shape index (κ1) is 23.7. The van der Waals surface area contributed by atoms with Gasteiger partial charge < -0.3 is 15.8 Å². The average molecular weight is 464 g/mol. The predicted octanol–water partition coefficient (Wildman–Crippen LogP) is 5.60. The van der Waals surface area contributed by atoms with Crippen LogP contribution in [0.5, 0.6) is 0 Å². The van der Waals surface area contributed by atoms with Crippen molar-refractivity contribution in [3.63, 3.8) is 0 Å². The Balaban J connectivity index is 1.44. The van der Waals surface area contributed by atoms with Crippen molar-refractivity contribution in [3.05, 3.63) is 65.1 Å². The summed E-state index contributed by atoms with van der Waals surface area (Å²) < 4.78 is 18.7. The van der Waals surface area contributed by atoms with Gasteiger partial charge in [0.05, 0.1) is 29.6 Å². The summed E-state index contributed by atoms with van der Waals surface area (Å²) in [4.78, 5) is 29.4. The zero-order valence-corrected chi connectivity index (χ0v) is 19.7. The van der Waals surface area contributed by atoms with E-state index in [0.717, 1.165) is 42.1 Å². The minimum atomic E-state index is -0.478. The molecule has 1 unspecified atom stereocenters. The Hall–Kier alpha value is -3.48. The van der Waals surface area contributed by atoms with Gasteiger partial charge in [0.25, 0.3) is 0 Å². The summed E-state index contributed by atoms with van der Waals surface area (Å²) in [5.74, 6) is -0.525. The van der Waals surface area contributed by atoms with Gasteiger partial charge in [0.1, 0.15) is 5.82 Å². The van der Waals surface area contributed by atoms with Crippen LogP contribution in [-0.2, 0) is 9.53 Å². The van der Waals surface area contributed by atoms with Crippen LogP contribution in [0.25, 0.3) is 10.9 Å². The lowest BCUT2D eigenvalue weighted by molar-refractivity contribution is -0.121. The van der Waals surface area contributed by atoms with Gasteiger partial charge in [0.15, 0.2) is 0 Å². The number of nitrogens with two attached hydrogens (primary N) is 1. The molecule has 2 aromatic carbocycles. The molecule has 1 amide bonds. The van der Waals surface area contributed by atoms with Crippen molar-refractivity contribution in [1.82, 2.24) is 4.98 Å². The maximum atomic E-state index is 13.9. The predicted molar refractivity (Wildman–Crippen MR) is 131 cm³/mol. The van der Waals surface area contributed by atoms with Gasteiger partial charge in [-0.1, -0.05) is 6.92 Å². The largest absolute Gasteiger partial charge is 0.465 e. The second-order valence-corrected chi connectivity index (χ2v) is 9.20. The molecule has 0 radical (unpaired) electrons. The van der Waals surface area contributed by atoms with E-state index in [0.29, 0.717) is 28.4 Å². The number of rotatable bonds is 5. The van der Waals surface area contributed by atoms with Crippen LogP contribution in [0, 0.1) is 24.6 Å². The number of fused-ring (bicyclic) bond motifs is 1. The number of aromatic nitrogens is 1. The van der Waals surface area contributed by atoms with E-state index in [1.54, 1.807) is 37.4 Å². The maximum absolute atomic E-state index is 13.9. The third-order valence-electron chi connectivity index (χ3n) is 7.14. The highest BCUT2D eigenvalue weighted by atomic mass is 19.1. The molecule has 6 nitrogen and oxygen atoms in total. The number of benzene rings is 2. The van der Waals surface area contributed by atoms with Gasteiger partial charge in [-0.3, -0.25) is 9.78 Å². The van der Waals surface area contributed by atoms with E-state index in [2.05, 4.69) is 10.3 Å². The molecule has 1 aromatic heterocycles. The Morgan fingerprint density at radius 2 is 1.88 bits per heavy atom. The third-order valence-corrected chi connectivity index (χ3v) is 7.14. The monoisotopic (exact) mass is 463 g/mol. The number of nitrogens with one attached hydrogen (secondary N) is 1. The molecule has 1 aliphatic rings. The third kappa shape index (κ3) is 4.74. The number of esters is 1. The number of pyridine rings is 1. The van der Waals surface area contributed by atoms with E-state index in [9.17, 15) is 14.0 Å². The molecule has 7 heteroatoms.